The molecule has 0 aromatic heterocycles. The largest absolute Gasteiger partial charge is 0.466 e. The minimum absolute atomic E-state index is 0.132. The van der Waals surface area contributed by atoms with Gasteiger partial charge in [0, 0.05) is 6.42 Å². The van der Waals surface area contributed by atoms with Gasteiger partial charge in [0.2, 0.25) is 0 Å². The van der Waals surface area contributed by atoms with Gasteiger partial charge in [-0.3, -0.25) is 4.79 Å². The van der Waals surface area contributed by atoms with Crippen molar-refractivity contribution in [3.8, 4) is 11.1 Å². The Kier molecular flexibility index (Phi) is 7.87. The highest BCUT2D eigenvalue weighted by molar-refractivity contribution is 5.69. The highest BCUT2D eigenvalue weighted by Crippen LogP contribution is 2.38. The molecule has 0 spiro atoms. The Morgan fingerprint density at radius 1 is 1.03 bits per heavy atom. The van der Waals surface area contributed by atoms with Gasteiger partial charge in [0.1, 0.15) is 0 Å². The minimum atomic E-state index is -0.132. The molecule has 31 heavy (non-hydrogen) atoms. The molecule has 2 heteroatoms. The first-order valence-electron chi connectivity index (χ1n) is 11.1. The third-order valence-corrected chi connectivity index (χ3v) is 5.31. The van der Waals surface area contributed by atoms with Crippen LogP contribution in [-0.2, 0) is 9.53 Å². The summed E-state index contributed by atoms with van der Waals surface area (Å²) in [6, 6.07) is 19.0. The topological polar surface area (TPSA) is 26.3 Å². The van der Waals surface area contributed by atoms with Gasteiger partial charge in [0.25, 0.3) is 0 Å². The van der Waals surface area contributed by atoms with Crippen molar-refractivity contribution in [1.29, 1.82) is 0 Å². The molecule has 1 aliphatic carbocycles. The average molecular weight is 413 g/mol. The van der Waals surface area contributed by atoms with Gasteiger partial charge in [-0.2, -0.15) is 0 Å². The maximum atomic E-state index is 11.5. The Hall–Kier alpha value is -3.09. The van der Waals surface area contributed by atoms with Crippen molar-refractivity contribution in [1.82, 2.24) is 0 Å². The zero-order chi connectivity index (χ0) is 22.1. The van der Waals surface area contributed by atoms with E-state index in [2.05, 4.69) is 92.4 Å². The van der Waals surface area contributed by atoms with Crippen molar-refractivity contribution in [2.24, 2.45) is 5.41 Å². The third kappa shape index (κ3) is 7.27. The van der Waals surface area contributed by atoms with E-state index in [1.807, 2.05) is 13.0 Å². The molecule has 1 aliphatic rings. The summed E-state index contributed by atoms with van der Waals surface area (Å²) in [5.74, 6) is -0.132. The Balaban J connectivity index is 1.71. The minimum Gasteiger partial charge on any atom is -0.466 e. The molecule has 0 aliphatic heterocycles. The molecule has 0 N–H and O–H groups in total. The molecule has 2 aromatic carbocycles. The number of rotatable bonds is 7. The Bertz CT molecular complexity index is 998. The van der Waals surface area contributed by atoms with Crippen molar-refractivity contribution in [3.05, 3.63) is 95.3 Å². The normalized spacial score (nSPS) is 15.3. The van der Waals surface area contributed by atoms with E-state index in [1.165, 1.54) is 22.3 Å². The molecule has 2 nitrogen and oxygen atoms in total. The predicted octanol–water partition coefficient (Wildman–Crippen LogP) is 7.54. The SMILES string of the molecule is CCOC(=O)CC/C=C/C1=CC(=C=Cc2ccc(-c3ccccc3)cc2)CC(C)(C)C1. The van der Waals surface area contributed by atoms with Gasteiger partial charge in [-0.15, -0.1) is 5.73 Å². The van der Waals surface area contributed by atoms with E-state index in [0.717, 1.165) is 18.4 Å². The fraction of sp³-hybridized carbons (Fsp3) is 0.310. The van der Waals surface area contributed by atoms with Crippen molar-refractivity contribution < 1.29 is 9.53 Å². The first kappa shape index (κ1) is 22.6. The summed E-state index contributed by atoms with van der Waals surface area (Å²) in [4.78, 5) is 11.5. The molecule has 0 unspecified atom stereocenters. The van der Waals surface area contributed by atoms with Gasteiger partial charge in [-0.05, 0) is 71.6 Å². The highest BCUT2D eigenvalue weighted by atomic mass is 16.5. The second kappa shape index (κ2) is 10.8. The van der Waals surface area contributed by atoms with E-state index >= 15 is 0 Å². The Labute approximate surface area is 186 Å². The van der Waals surface area contributed by atoms with E-state index in [4.69, 9.17) is 4.74 Å². The number of carbonyl (C=O) groups is 1. The number of hydrogen-bond acceptors (Lipinski definition) is 2. The van der Waals surface area contributed by atoms with Crippen LogP contribution >= 0.6 is 0 Å². The number of carbonyl (C=O) groups excluding carboxylic acids is 1. The highest BCUT2D eigenvalue weighted by Gasteiger charge is 2.24. The molecular weight excluding hydrogens is 380 g/mol. The monoisotopic (exact) mass is 412 g/mol. The summed E-state index contributed by atoms with van der Waals surface area (Å²) in [5.41, 5.74) is 9.82. The fourth-order valence-electron chi connectivity index (χ4n) is 3.90. The van der Waals surface area contributed by atoms with Crippen LogP contribution in [0, 0.1) is 5.41 Å². The molecule has 160 valence electrons. The predicted molar refractivity (Wildman–Crippen MR) is 129 cm³/mol. The molecule has 2 aromatic rings. The molecule has 0 amide bonds. The average Bonchev–Trinajstić information content (AvgIpc) is 2.75. The Morgan fingerprint density at radius 3 is 2.45 bits per heavy atom. The second-order valence-electron chi connectivity index (χ2n) is 8.79. The van der Waals surface area contributed by atoms with E-state index in [0.29, 0.717) is 19.4 Å². The van der Waals surface area contributed by atoms with Crippen LogP contribution in [0.25, 0.3) is 17.2 Å². The van der Waals surface area contributed by atoms with Crippen LogP contribution in [0.1, 0.15) is 52.0 Å². The summed E-state index contributed by atoms with van der Waals surface area (Å²) in [6.07, 6.45) is 11.7. The molecule has 3 rings (SSSR count). The third-order valence-electron chi connectivity index (χ3n) is 5.31. The van der Waals surface area contributed by atoms with Gasteiger partial charge in [-0.1, -0.05) is 80.6 Å². The molecule has 0 radical (unpaired) electrons. The van der Waals surface area contributed by atoms with Crippen LogP contribution < -0.4 is 0 Å². The molecule has 0 bridgehead atoms. The van der Waals surface area contributed by atoms with Gasteiger partial charge in [0.05, 0.1) is 6.61 Å². The van der Waals surface area contributed by atoms with Crippen LogP contribution in [0.5, 0.6) is 0 Å². The number of ether oxygens (including phenoxy) is 1. The maximum absolute atomic E-state index is 11.5. The van der Waals surface area contributed by atoms with Crippen molar-refractivity contribution >= 4 is 12.0 Å². The van der Waals surface area contributed by atoms with Crippen LogP contribution in [0.4, 0.5) is 0 Å². The van der Waals surface area contributed by atoms with Crippen LogP contribution in [-0.4, -0.2) is 12.6 Å². The van der Waals surface area contributed by atoms with Crippen molar-refractivity contribution in [2.75, 3.05) is 6.61 Å². The lowest BCUT2D eigenvalue weighted by molar-refractivity contribution is -0.143. The maximum Gasteiger partial charge on any atom is 0.306 e. The smallest absolute Gasteiger partial charge is 0.306 e. The lowest BCUT2D eigenvalue weighted by Crippen LogP contribution is -2.16. The first-order valence-corrected chi connectivity index (χ1v) is 11.1. The van der Waals surface area contributed by atoms with Gasteiger partial charge in [-0.25, -0.2) is 0 Å². The quantitative estimate of drug-likeness (QED) is 0.347. The van der Waals surface area contributed by atoms with Crippen molar-refractivity contribution in [2.45, 2.75) is 46.5 Å². The molecular formula is C29H32O2. The second-order valence-corrected chi connectivity index (χ2v) is 8.79. The molecule has 0 saturated heterocycles. The summed E-state index contributed by atoms with van der Waals surface area (Å²) < 4.78 is 4.98. The standard InChI is InChI=1S/C29H32O2/c1-4-31-28(30)13-9-8-10-24-20-25(22-29(2,3)21-24)15-14-23-16-18-27(19-17-23)26-11-6-5-7-12-26/h5-8,10-12,14,16-20H,4,9,13,21-22H2,1-3H3/b10-8+. The number of esters is 1. The number of benzene rings is 2. The van der Waals surface area contributed by atoms with E-state index in [-0.39, 0.29) is 11.4 Å². The lowest BCUT2D eigenvalue weighted by atomic mass is 9.75. The molecule has 0 saturated carbocycles. The van der Waals surface area contributed by atoms with Gasteiger partial charge < -0.3 is 4.74 Å². The number of allylic oxidation sites excluding steroid dienone is 5. The van der Waals surface area contributed by atoms with Crippen LogP contribution in [0.2, 0.25) is 0 Å². The molecule has 0 heterocycles. The van der Waals surface area contributed by atoms with Gasteiger partial charge in [0.15, 0.2) is 0 Å². The summed E-state index contributed by atoms with van der Waals surface area (Å²) in [6.45, 7) is 6.87. The fourth-order valence-corrected chi connectivity index (χ4v) is 3.90. The Morgan fingerprint density at radius 2 is 1.74 bits per heavy atom. The van der Waals surface area contributed by atoms with E-state index in [9.17, 15) is 4.79 Å². The summed E-state index contributed by atoms with van der Waals surface area (Å²) >= 11 is 0. The molecule has 0 fully saturated rings. The first-order chi connectivity index (χ1) is 14.9. The number of hydrogen-bond donors (Lipinski definition) is 0. The van der Waals surface area contributed by atoms with Crippen LogP contribution in [0.3, 0.4) is 0 Å². The van der Waals surface area contributed by atoms with E-state index in [1.54, 1.807) is 0 Å². The lowest BCUT2D eigenvalue weighted by Gasteiger charge is -2.29. The van der Waals surface area contributed by atoms with E-state index < -0.39 is 0 Å². The molecule has 0 atom stereocenters. The zero-order valence-electron chi connectivity index (χ0n) is 18.9. The van der Waals surface area contributed by atoms with Crippen LogP contribution in [0.15, 0.2) is 89.7 Å². The zero-order valence-corrected chi connectivity index (χ0v) is 18.9. The van der Waals surface area contributed by atoms with Crippen molar-refractivity contribution in [3.63, 3.8) is 0 Å². The summed E-state index contributed by atoms with van der Waals surface area (Å²) in [7, 11) is 0. The summed E-state index contributed by atoms with van der Waals surface area (Å²) in [5, 5.41) is 0. The van der Waals surface area contributed by atoms with Gasteiger partial charge >= 0.3 is 5.97 Å².